The Balaban J connectivity index is 1.46. The SMILES string of the molecule is C=CC(=C)N1CCC[C@@H](n2nc(-c3ccc(Cc4ccccc4)cc3)c3cncnc32)C1. The molecule has 5 heteroatoms. The first kappa shape index (κ1) is 20.2. The van der Waals surface area contributed by atoms with Gasteiger partial charge in [0.15, 0.2) is 5.65 Å². The number of benzene rings is 2. The van der Waals surface area contributed by atoms with Gasteiger partial charge in [0.25, 0.3) is 0 Å². The molecule has 0 unspecified atom stereocenters. The van der Waals surface area contributed by atoms with Gasteiger partial charge in [-0.1, -0.05) is 67.8 Å². The normalized spacial score (nSPS) is 16.2. The average Bonchev–Trinajstić information content (AvgIpc) is 3.24. The monoisotopic (exact) mass is 421 g/mol. The largest absolute Gasteiger partial charge is 0.370 e. The van der Waals surface area contributed by atoms with E-state index in [-0.39, 0.29) is 6.04 Å². The molecule has 5 nitrogen and oxygen atoms in total. The molecule has 1 aliphatic heterocycles. The van der Waals surface area contributed by atoms with Crippen LogP contribution in [0.15, 0.2) is 92.1 Å². The van der Waals surface area contributed by atoms with Crippen molar-refractivity contribution in [1.82, 2.24) is 24.6 Å². The molecule has 1 saturated heterocycles. The minimum absolute atomic E-state index is 0.240. The first-order chi connectivity index (χ1) is 15.7. The number of aromatic nitrogens is 4. The predicted molar refractivity (Wildman–Crippen MR) is 129 cm³/mol. The highest BCUT2D eigenvalue weighted by Gasteiger charge is 2.25. The lowest BCUT2D eigenvalue weighted by Gasteiger charge is -2.34. The molecule has 1 atom stereocenters. The van der Waals surface area contributed by atoms with Gasteiger partial charge in [-0.25, -0.2) is 14.6 Å². The summed E-state index contributed by atoms with van der Waals surface area (Å²) in [6.07, 6.45) is 8.39. The highest BCUT2D eigenvalue weighted by atomic mass is 15.3. The topological polar surface area (TPSA) is 46.8 Å². The molecule has 160 valence electrons. The van der Waals surface area contributed by atoms with Crippen molar-refractivity contribution in [3.63, 3.8) is 0 Å². The average molecular weight is 422 g/mol. The molecule has 0 amide bonds. The second-order valence-corrected chi connectivity index (χ2v) is 8.35. The summed E-state index contributed by atoms with van der Waals surface area (Å²) in [6, 6.07) is 19.5. The van der Waals surface area contributed by atoms with Crippen LogP contribution in [0.25, 0.3) is 22.3 Å². The third-order valence-corrected chi connectivity index (χ3v) is 6.23. The number of nitrogens with zero attached hydrogens (tertiary/aromatic N) is 5. The molecule has 2 aromatic carbocycles. The van der Waals surface area contributed by atoms with E-state index in [9.17, 15) is 0 Å². The van der Waals surface area contributed by atoms with Gasteiger partial charge >= 0.3 is 0 Å². The van der Waals surface area contributed by atoms with Crippen LogP contribution in [-0.4, -0.2) is 37.7 Å². The van der Waals surface area contributed by atoms with Gasteiger partial charge in [0, 0.05) is 30.5 Å². The lowest BCUT2D eigenvalue weighted by Crippen LogP contribution is -2.35. The van der Waals surface area contributed by atoms with Crippen LogP contribution >= 0.6 is 0 Å². The molecule has 0 saturated carbocycles. The molecule has 4 aromatic rings. The number of likely N-dealkylation sites (tertiary alicyclic amines) is 1. The van der Waals surface area contributed by atoms with Crippen molar-refractivity contribution in [1.29, 1.82) is 0 Å². The maximum absolute atomic E-state index is 5.05. The van der Waals surface area contributed by atoms with E-state index >= 15 is 0 Å². The summed E-state index contributed by atoms with van der Waals surface area (Å²) in [5.41, 5.74) is 6.47. The minimum Gasteiger partial charge on any atom is -0.370 e. The smallest absolute Gasteiger partial charge is 0.162 e. The summed E-state index contributed by atoms with van der Waals surface area (Å²) in [5, 5.41) is 6.04. The van der Waals surface area contributed by atoms with Crippen LogP contribution in [0.1, 0.15) is 30.0 Å². The molecule has 5 rings (SSSR count). The molecule has 0 spiro atoms. The van der Waals surface area contributed by atoms with Crippen LogP contribution in [0.3, 0.4) is 0 Å². The van der Waals surface area contributed by atoms with Gasteiger partial charge in [-0.2, -0.15) is 5.10 Å². The van der Waals surface area contributed by atoms with Gasteiger partial charge < -0.3 is 4.90 Å². The zero-order valence-electron chi connectivity index (χ0n) is 18.2. The fourth-order valence-corrected chi connectivity index (χ4v) is 4.51. The van der Waals surface area contributed by atoms with E-state index in [0.717, 1.165) is 60.3 Å². The predicted octanol–water partition coefficient (Wildman–Crippen LogP) is 5.42. The van der Waals surface area contributed by atoms with E-state index < -0.39 is 0 Å². The van der Waals surface area contributed by atoms with Crippen molar-refractivity contribution in [2.24, 2.45) is 0 Å². The first-order valence-corrected chi connectivity index (χ1v) is 11.1. The zero-order chi connectivity index (χ0) is 21.9. The quantitative estimate of drug-likeness (QED) is 0.390. The minimum atomic E-state index is 0.240. The molecule has 0 aliphatic carbocycles. The highest BCUT2D eigenvalue weighted by molar-refractivity contribution is 5.90. The lowest BCUT2D eigenvalue weighted by molar-refractivity contribution is 0.218. The van der Waals surface area contributed by atoms with Crippen LogP contribution in [0.5, 0.6) is 0 Å². The molecule has 32 heavy (non-hydrogen) atoms. The van der Waals surface area contributed by atoms with Crippen molar-refractivity contribution < 1.29 is 0 Å². The summed E-state index contributed by atoms with van der Waals surface area (Å²) < 4.78 is 2.09. The highest BCUT2D eigenvalue weighted by Crippen LogP contribution is 2.32. The van der Waals surface area contributed by atoms with Gasteiger partial charge in [-0.15, -0.1) is 0 Å². The third-order valence-electron chi connectivity index (χ3n) is 6.23. The fourth-order valence-electron chi connectivity index (χ4n) is 4.51. The van der Waals surface area contributed by atoms with Crippen LogP contribution < -0.4 is 0 Å². The van der Waals surface area contributed by atoms with Crippen molar-refractivity contribution >= 4 is 11.0 Å². The van der Waals surface area contributed by atoms with Crippen LogP contribution in [0.2, 0.25) is 0 Å². The van der Waals surface area contributed by atoms with Crippen molar-refractivity contribution in [3.8, 4) is 11.3 Å². The van der Waals surface area contributed by atoms with E-state index in [1.807, 2.05) is 12.3 Å². The maximum Gasteiger partial charge on any atom is 0.162 e. The Morgan fingerprint density at radius 2 is 1.84 bits per heavy atom. The van der Waals surface area contributed by atoms with Crippen molar-refractivity contribution in [2.75, 3.05) is 13.1 Å². The summed E-state index contributed by atoms with van der Waals surface area (Å²) in [4.78, 5) is 11.2. The van der Waals surface area contributed by atoms with Crippen LogP contribution in [-0.2, 0) is 6.42 Å². The molecule has 3 heterocycles. The summed E-state index contributed by atoms with van der Waals surface area (Å²) >= 11 is 0. The molecule has 0 radical (unpaired) electrons. The Morgan fingerprint density at radius 1 is 1.06 bits per heavy atom. The van der Waals surface area contributed by atoms with Crippen LogP contribution in [0, 0.1) is 0 Å². The molecule has 1 aliphatic rings. The molecule has 1 fully saturated rings. The third kappa shape index (κ3) is 3.94. The number of piperidine rings is 1. The maximum atomic E-state index is 5.05. The molecule has 2 aromatic heterocycles. The molecule has 0 N–H and O–H groups in total. The summed E-state index contributed by atoms with van der Waals surface area (Å²) in [7, 11) is 0. The van der Waals surface area contributed by atoms with Gasteiger partial charge in [0.2, 0.25) is 0 Å². The van der Waals surface area contributed by atoms with E-state index in [4.69, 9.17) is 5.10 Å². The number of rotatable bonds is 6. The van der Waals surface area contributed by atoms with Crippen LogP contribution in [0.4, 0.5) is 0 Å². The van der Waals surface area contributed by atoms with E-state index in [2.05, 4.69) is 87.3 Å². The van der Waals surface area contributed by atoms with Gasteiger partial charge in [-0.05, 0) is 36.5 Å². The van der Waals surface area contributed by atoms with E-state index in [0.29, 0.717) is 0 Å². The summed E-state index contributed by atoms with van der Waals surface area (Å²) in [6.45, 7) is 9.87. The Bertz CT molecular complexity index is 1240. The standard InChI is InChI=1S/C27H27N5/c1-3-20(2)31-15-7-10-24(18-31)32-27-25(17-28-19-29-27)26(30-32)23-13-11-22(12-14-23)16-21-8-5-4-6-9-21/h3-6,8-9,11-14,17,19,24H,1-2,7,10,15-16,18H2/t24-/m1/s1. The second kappa shape index (κ2) is 8.79. The van der Waals surface area contributed by atoms with Gasteiger partial charge in [0.1, 0.15) is 12.0 Å². The zero-order valence-corrected chi connectivity index (χ0v) is 18.2. The number of hydrogen-bond donors (Lipinski definition) is 0. The molecule has 0 bridgehead atoms. The second-order valence-electron chi connectivity index (χ2n) is 8.35. The summed E-state index contributed by atoms with van der Waals surface area (Å²) in [5.74, 6) is 0. The van der Waals surface area contributed by atoms with E-state index in [1.54, 1.807) is 6.33 Å². The Hall–Kier alpha value is -3.73. The van der Waals surface area contributed by atoms with E-state index in [1.165, 1.54) is 11.1 Å². The Morgan fingerprint density at radius 3 is 2.62 bits per heavy atom. The number of fused-ring (bicyclic) bond motifs is 1. The number of allylic oxidation sites excluding steroid dienone is 1. The fraction of sp³-hybridized carbons (Fsp3) is 0.222. The molecular formula is C27H27N5. The Kier molecular flexibility index (Phi) is 5.55. The Labute approximate surface area is 188 Å². The van der Waals surface area contributed by atoms with Crippen molar-refractivity contribution in [2.45, 2.75) is 25.3 Å². The number of hydrogen-bond acceptors (Lipinski definition) is 4. The lowest BCUT2D eigenvalue weighted by atomic mass is 10.0. The van der Waals surface area contributed by atoms with Gasteiger partial charge in [0.05, 0.1) is 11.4 Å². The first-order valence-electron chi connectivity index (χ1n) is 11.1. The molecular weight excluding hydrogens is 394 g/mol. The van der Waals surface area contributed by atoms with Gasteiger partial charge in [-0.3, -0.25) is 0 Å². The van der Waals surface area contributed by atoms with Crippen molar-refractivity contribution in [3.05, 3.63) is 103 Å².